The highest BCUT2D eigenvalue weighted by atomic mass is 35.5. The summed E-state index contributed by atoms with van der Waals surface area (Å²) in [6.07, 6.45) is 3.91. The second kappa shape index (κ2) is 5.78. The van der Waals surface area contributed by atoms with Crippen molar-refractivity contribution in [2.45, 2.75) is 38.0 Å². The summed E-state index contributed by atoms with van der Waals surface area (Å²) in [7, 11) is 0. The fraction of sp³-hybridized carbons (Fsp3) is 0.375. The number of aryl methyl sites for hydroxylation is 1. The molecule has 2 aromatic rings. The maximum Gasteiger partial charge on any atom is 0.236 e. The van der Waals surface area contributed by atoms with Crippen LogP contribution in [0.5, 0.6) is 0 Å². The quantitative estimate of drug-likeness (QED) is 0.901. The molecular weight excluding hydrogens is 304 g/mol. The second-order valence-electron chi connectivity index (χ2n) is 5.54. The number of anilines is 1. The van der Waals surface area contributed by atoms with Crippen LogP contribution in [0.2, 0.25) is 5.02 Å². The lowest BCUT2D eigenvalue weighted by molar-refractivity contribution is -0.121. The average molecular weight is 321 g/mol. The van der Waals surface area contributed by atoms with Crippen molar-refractivity contribution in [3.05, 3.63) is 45.9 Å². The van der Waals surface area contributed by atoms with Crippen LogP contribution < -0.4 is 5.32 Å². The van der Waals surface area contributed by atoms with Crippen molar-refractivity contribution in [1.29, 1.82) is 0 Å². The number of aromatic nitrogens is 1. The summed E-state index contributed by atoms with van der Waals surface area (Å²) in [5.41, 5.74) is 1.54. The number of thiazole rings is 1. The fourth-order valence-electron chi connectivity index (χ4n) is 3.02. The lowest BCUT2D eigenvalue weighted by Gasteiger charge is -2.27. The van der Waals surface area contributed by atoms with Gasteiger partial charge in [-0.15, -0.1) is 11.3 Å². The van der Waals surface area contributed by atoms with Gasteiger partial charge in [0.15, 0.2) is 5.13 Å². The highest BCUT2D eigenvalue weighted by molar-refractivity contribution is 7.13. The van der Waals surface area contributed by atoms with Gasteiger partial charge in [-0.2, -0.15) is 0 Å². The summed E-state index contributed by atoms with van der Waals surface area (Å²) in [6, 6.07) is 7.66. The first-order chi connectivity index (χ1) is 10.1. The van der Waals surface area contributed by atoms with Crippen LogP contribution in [-0.2, 0) is 10.2 Å². The molecule has 1 heterocycles. The minimum absolute atomic E-state index is 0.0525. The van der Waals surface area contributed by atoms with E-state index < -0.39 is 5.41 Å². The Bertz CT molecular complexity index is 645. The van der Waals surface area contributed by atoms with Gasteiger partial charge in [0.05, 0.1) is 11.1 Å². The molecule has 1 amide bonds. The summed E-state index contributed by atoms with van der Waals surface area (Å²) >= 11 is 7.44. The summed E-state index contributed by atoms with van der Waals surface area (Å²) in [5, 5.41) is 6.31. The number of amides is 1. The van der Waals surface area contributed by atoms with Crippen molar-refractivity contribution < 1.29 is 4.79 Å². The van der Waals surface area contributed by atoms with E-state index in [0.717, 1.165) is 36.9 Å². The molecule has 3 nitrogen and oxygen atoms in total. The molecule has 5 heteroatoms. The van der Waals surface area contributed by atoms with Crippen LogP contribution in [0.1, 0.15) is 36.9 Å². The van der Waals surface area contributed by atoms with E-state index in [2.05, 4.69) is 10.3 Å². The second-order valence-corrected chi connectivity index (χ2v) is 6.84. The maximum absolute atomic E-state index is 12.9. The third-order valence-corrected chi connectivity index (χ3v) is 5.26. The van der Waals surface area contributed by atoms with Crippen molar-refractivity contribution in [1.82, 2.24) is 4.98 Å². The normalized spacial score (nSPS) is 16.9. The first kappa shape index (κ1) is 14.5. The van der Waals surface area contributed by atoms with Gasteiger partial charge in [0, 0.05) is 10.4 Å². The Morgan fingerprint density at radius 1 is 1.29 bits per heavy atom. The van der Waals surface area contributed by atoms with Crippen molar-refractivity contribution in [3.8, 4) is 0 Å². The third-order valence-electron chi connectivity index (χ3n) is 4.13. The Labute approximate surface area is 133 Å². The van der Waals surface area contributed by atoms with E-state index in [0.29, 0.717) is 10.2 Å². The van der Waals surface area contributed by atoms with Crippen molar-refractivity contribution in [2.24, 2.45) is 0 Å². The number of hydrogen-bond donors (Lipinski definition) is 1. The van der Waals surface area contributed by atoms with Crippen LogP contribution in [-0.4, -0.2) is 10.9 Å². The van der Waals surface area contributed by atoms with E-state index in [1.807, 2.05) is 36.6 Å². The van der Waals surface area contributed by atoms with Gasteiger partial charge in [-0.3, -0.25) is 4.79 Å². The zero-order chi connectivity index (χ0) is 14.9. The standard InChI is InChI=1S/C16H17ClN2OS/c1-11-10-21-15(18-11)19-14(20)16(8-2-3-9-16)12-4-6-13(17)7-5-12/h4-7,10H,2-3,8-9H2,1H3,(H,18,19,20). The van der Waals surface area contributed by atoms with Gasteiger partial charge >= 0.3 is 0 Å². The lowest BCUT2D eigenvalue weighted by Crippen LogP contribution is -2.37. The molecule has 0 aliphatic heterocycles. The van der Waals surface area contributed by atoms with E-state index in [9.17, 15) is 4.79 Å². The third kappa shape index (κ3) is 2.83. The number of carbonyl (C=O) groups excluding carboxylic acids is 1. The maximum atomic E-state index is 12.9. The van der Waals surface area contributed by atoms with E-state index >= 15 is 0 Å². The summed E-state index contributed by atoms with van der Waals surface area (Å²) < 4.78 is 0. The highest BCUT2D eigenvalue weighted by Gasteiger charge is 2.42. The molecular formula is C16H17ClN2OS. The van der Waals surface area contributed by atoms with Crippen molar-refractivity contribution in [3.63, 3.8) is 0 Å². The van der Waals surface area contributed by atoms with E-state index in [1.54, 1.807) is 0 Å². The molecule has 1 aliphatic rings. The smallest absolute Gasteiger partial charge is 0.236 e. The predicted molar refractivity (Wildman–Crippen MR) is 87.1 cm³/mol. The number of halogens is 1. The Morgan fingerprint density at radius 3 is 2.52 bits per heavy atom. The molecule has 1 N–H and O–H groups in total. The molecule has 3 rings (SSSR count). The summed E-state index contributed by atoms with van der Waals surface area (Å²) in [6.45, 7) is 1.93. The first-order valence-electron chi connectivity index (χ1n) is 7.10. The molecule has 1 aromatic heterocycles. The number of nitrogens with zero attached hydrogens (tertiary/aromatic N) is 1. The van der Waals surface area contributed by atoms with Gasteiger partial charge in [0.2, 0.25) is 5.91 Å². The minimum atomic E-state index is -0.440. The molecule has 0 spiro atoms. The predicted octanol–water partition coefficient (Wildman–Crippen LogP) is 4.56. The van der Waals surface area contributed by atoms with Gasteiger partial charge in [-0.25, -0.2) is 4.98 Å². The zero-order valence-electron chi connectivity index (χ0n) is 11.9. The van der Waals surface area contributed by atoms with E-state index in [-0.39, 0.29) is 5.91 Å². The van der Waals surface area contributed by atoms with Gasteiger partial charge in [0.1, 0.15) is 0 Å². The molecule has 1 aliphatic carbocycles. The van der Waals surface area contributed by atoms with Crippen LogP contribution in [0.15, 0.2) is 29.6 Å². The van der Waals surface area contributed by atoms with E-state index in [1.165, 1.54) is 11.3 Å². The number of benzene rings is 1. The minimum Gasteiger partial charge on any atom is -0.301 e. The monoisotopic (exact) mass is 320 g/mol. The molecule has 0 radical (unpaired) electrons. The van der Waals surface area contributed by atoms with Crippen LogP contribution in [0.4, 0.5) is 5.13 Å². The molecule has 1 saturated carbocycles. The molecule has 0 saturated heterocycles. The Morgan fingerprint density at radius 2 is 1.95 bits per heavy atom. The molecule has 0 unspecified atom stereocenters. The molecule has 21 heavy (non-hydrogen) atoms. The topological polar surface area (TPSA) is 42.0 Å². The first-order valence-corrected chi connectivity index (χ1v) is 8.35. The Hall–Kier alpha value is -1.39. The van der Waals surface area contributed by atoms with Crippen LogP contribution >= 0.6 is 22.9 Å². The van der Waals surface area contributed by atoms with Crippen molar-refractivity contribution >= 4 is 34.0 Å². The SMILES string of the molecule is Cc1csc(NC(=O)C2(c3ccc(Cl)cc3)CCCC2)n1. The lowest BCUT2D eigenvalue weighted by atomic mass is 9.78. The zero-order valence-corrected chi connectivity index (χ0v) is 13.4. The highest BCUT2D eigenvalue weighted by Crippen LogP contribution is 2.42. The number of carbonyl (C=O) groups is 1. The average Bonchev–Trinajstić information content (AvgIpc) is 3.10. The van der Waals surface area contributed by atoms with Crippen LogP contribution in [0, 0.1) is 6.92 Å². The van der Waals surface area contributed by atoms with Gasteiger partial charge in [-0.1, -0.05) is 36.6 Å². The molecule has 110 valence electrons. The molecule has 0 atom stereocenters. The summed E-state index contributed by atoms with van der Waals surface area (Å²) in [4.78, 5) is 17.2. The largest absolute Gasteiger partial charge is 0.301 e. The molecule has 1 fully saturated rings. The number of nitrogens with one attached hydrogen (secondary N) is 1. The fourth-order valence-corrected chi connectivity index (χ4v) is 3.83. The van der Waals surface area contributed by atoms with Crippen molar-refractivity contribution in [2.75, 3.05) is 5.32 Å². The number of rotatable bonds is 3. The van der Waals surface area contributed by atoms with Crippen LogP contribution in [0.25, 0.3) is 0 Å². The molecule has 0 bridgehead atoms. The van der Waals surface area contributed by atoms with Gasteiger partial charge in [-0.05, 0) is 37.5 Å². The van der Waals surface area contributed by atoms with Crippen LogP contribution in [0.3, 0.4) is 0 Å². The van der Waals surface area contributed by atoms with Gasteiger partial charge < -0.3 is 5.32 Å². The Balaban J connectivity index is 1.89. The molecule has 1 aromatic carbocycles. The van der Waals surface area contributed by atoms with Gasteiger partial charge in [0.25, 0.3) is 0 Å². The Kier molecular flexibility index (Phi) is 4.00. The number of hydrogen-bond acceptors (Lipinski definition) is 3. The summed E-state index contributed by atoms with van der Waals surface area (Å²) in [5.74, 6) is 0.0525. The van der Waals surface area contributed by atoms with E-state index in [4.69, 9.17) is 11.6 Å².